The first-order chi connectivity index (χ1) is 3.31. The fraction of sp³-hybridized carbons (Fsp3) is 0.500. The second-order valence-electron chi connectivity index (χ2n) is 1.18. The molecule has 0 aliphatic heterocycles. The molecule has 0 atom stereocenters. The molecule has 7 heavy (non-hydrogen) atoms. The summed E-state index contributed by atoms with van der Waals surface area (Å²) in [4.78, 5) is 0. The maximum atomic E-state index is 5.04. The lowest BCUT2D eigenvalue weighted by Crippen LogP contribution is -2.24. The zero-order chi connectivity index (χ0) is 5.70. The van der Waals surface area contributed by atoms with E-state index in [2.05, 4.69) is 5.43 Å². The Morgan fingerprint density at radius 2 is 2.29 bits per heavy atom. The van der Waals surface area contributed by atoms with Crippen molar-refractivity contribution < 1.29 is 0 Å². The molecule has 0 unspecified atom stereocenters. The molecule has 0 spiro atoms. The summed E-state index contributed by atoms with van der Waals surface area (Å²) in [5, 5.41) is 1.75. The second kappa shape index (κ2) is 3.49. The van der Waals surface area contributed by atoms with Gasteiger partial charge in [-0.3, -0.25) is 0 Å². The van der Waals surface area contributed by atoms with Gasteiger partial charge >= 0.3 is 0 Å². The van der Waals surface area contributed by atoms with E-state index in [0.717, 1.165) is 0 Å². The Morgan fingerprint density at radius 1 is 1.71 bits per heavy atom. The maximum Gasteiger partial charge on any atom is 0.0309 e. The van der Waals surface area contributed by atoms with Crippen LogP contribution in [0.25, 0.3) is 0 Å². The van der Waals surface area contributed by atoms with Gasteiger partial charge in [-0.1, -0.05) is 0 Å². The Morgan fingerprint density at radius 3 is 2.43 bits per heavy atom. The van der Waals surface area contributed by atoms with Crippen LogP contribution in [0.4, 0.5) is 0 Å². The van der Waals surface area contributed by atoms with E-state index in [-0.39, 0.29) is 0 Å². The number of nitrogens with one attached hydrogen (secondary N) is 1. The standard InChI is InChI=1S/C4H11N3/c1-6-7(2)4-3-5/h3-4,6H,5H2,1-2H3/b4-3-. The van der Waals surface area contributed by atoms with E-state index < -0.39 is 0 Å². The molecule has 0 aliphatic carbocycles. The minimum atomic E-state index is 1.47. The molecule has 42 valence electrons. The number of rotatable bonds is 2. The van der Waals surface area contributed by atoms with Crippen molar-refractivity contribution in [3.05, 3.63) is 12.4 Å². The van der Waals surface area contributed by atoms with Gasteiger partial charge in [0.15, 0.2) is 0 Å². The maximum absolute atomic E-state index is 5.04. The van der Waals surface area contributed by atoms with Gasteiger partial charge in [0.25, 0.3) is 0 Å². The van der Waals surface area contributed by atoms with E-state index in [4.69, 9.17) is 5.73 Å². The Kier molecular flexibility index (Phi) is 3.14. The van der Waals surface area contributed by atoms with Crippen LogP contribution in [0.15, 0.2) is 12.4 Å². The third-order valence-electron chi connectivity index (χ3n) is 0.662. The monoisotopic (exact) mass is 101 g/mol. The molecule has 0 aliphatic rings. The van der Waals surface area contributed by atoms with Gasteiger partial charge in [-0.15, -0.1) is 0 Å². The minimum Gasteiger partial charge on any atom is -0.403 e. The average Bonchev–Trinajstić information content (AvgIpc) is 1.68. The topological polar surface area (TPSA) is 41.3 Å². The second-order valence-corrected chi connectivity index (χ2v) is 1.18. The van der Waals surface area contributed by atoms with Gasteiger partial charge in [0.1, 0.15) is 0 Å². The number of hydrogen-bond acceptors (Lipinski definition) is 3. The molecule has 0 amide bonds. The van der Waals surface area contributed by atoms with Crippen molar-refractivity contribution in [2.75, 3.05) is 14.1 Å². The molecule has 3 nitrogen and oxygen atoms in total. The number of hydrazine groups is 1. The normalized spacial score (nSPS) is 10.0. The van der Waals surface area contributed by atoms with Crippen LogP contribution in [-0.2, 0) is 0 Å². The third kappa shape index (κ3) is 3.12. The van der Waals surface area contributed by atoms with Crippen LogP contribution in [0.1, 0.15) is 0 Å². The van der Waals surface area contributed by atoms with E-state index in [1.165, 1.54) is 6.20 Å². The summed E-state index contributed by atoms with van der Waals surface area (Å²) in [6, 6.07) is 0. The van der Waals surface area contributed by atoms with E-state index in [0.29, 0.717) is 0 Å². The molecular formula is C4H11N3. The Balaban J connectivity index is 3.16. The molecule has 0 radical (unpaired) electrons. The highest BCUT2D eigenvalue weighted by Crippen LogP contribution is 1.68. The van der Waals surface area contributed by atoms with Crippen LogP contribution in [0.2, 0.25) is 0 Å². The van der Waals surface area contributed by atoms with Crippen molar-refractivity contribution in [2.45, 2.75) is 0 Å². The summed E-state index contributed by atoms with van der Waals surface area (Å²) < 4.78 is 0. The zero-order valence-electron chi connectivity index (χ0n) is 4.68. The van der Waals surface area contributed by atoms with Crippen LogP contribution < -0.4 is 11.2 Å². The van der Waals surface area contributed by atoms with Crippen LogP contribution >= 0.6 is 0 Å². The molecule has 0 bridgehead atoms. The summed E-state index contributed by atoms with van der Waals surface area (Å²) in [6.07, 6.45) is 3.19. The van der Waals surface area contributed by atoms with Crippen molar-refractivity contribution >= 4 is 0 Å². The van der Waals surface area contributed by atoms with E-state index in [9.17, 15) is 0 Å². The van der Waals surface area contributed by atoms with Gasteiger partial charge in [-0.05, 0) is 0 Å². The van der Waals surface area contributed by atoms with Gasteiger partial charge < -0.3 is 10.7 Å². The Labute approximate surface area is 43.8 Å². The van der Waals surface area contributed by atoms with Crippen molar-refractivity contribution in [1.29, 1.82) is 0 Å². The lowest BCUT2D eigenvalue weighted by molar-refractivity contribution is 0.364. The third-order valence-corrected chi connectivity index (χ3v) is 0.662. The predicted molar refractivity (Wildman–Crippen MR) is 30.2 cm³/mol. The van der Waals surface area contributed by atoms with Gasteiger partial charge in [0, 0.05) is 26.5 Å². The molecule has 0 fully saturated rings. The number of nitrogens with zero attached hydrogens (tertiary/aromatic N) is 1. The fourth-order valence-corrected chi connectivity index (χ4v) is 0.204. The first-order valence-corrected chi connectivity index (χ1v) is 2.10. The molecule has 0 saturated carbocycles. The van der Waals surface area contributed by atoms with Crippen LogP contribution in [-0.4, -0.2) is 19.1 Å². The van der Waals surface area contributed by atoms with Gasteiger partial charge in [0.2, 0.25) is 0 Å². The highest BCUT2D eigenvalue weighted by Gasteiger charge is 1.74. The first kappa shape index (κ1) is 6.30. The summed E-state index contributed by atoms with van der Waals surface area (Å²) in [5.74, 6) is 0. The minimum absolute atomic E-state index is 1.47. The van der Waals surface area contributed by atoms with Gasteiger partial charge in [-0.2, -0.15) is 0 Å². The van der Waals surface area contributed by atoms with E-state index in [1.807, 2.05) is 14.1 Å². The molecule has 0 aromatic heterocycles. The number of hydrogen-bond donors (Lipinski definition) is 2. The van der Waals surface area contributed by atoms with Crippen LogP contribution in [0, 0.1) is 0 Å². The van der Waals surface area contributed by atoms with Crippen molar-refractivity contribution in [1.82, 2.24) is 10.4 Å². The Bertz CT molecular complexity index is 60.0. The highest BCUT2D eigenvalue weighted by atomic mass is 15.5. The molecule has 3 N–H and O–H groups in total. The first-order valence-electron chi connectivity index (χ1n) is 2.10. The number of nitrogens with two attached hydrogens (primary N) is 1. The predicted octanol–water partition coefficient (Wildman–Crippen LogP) is -0.517. The average molecular weight is 101 g/mol. The molecular weight excluding hydrogens is 90.1 g/mol. The summed E-state index contributed by atoms with van der Waals surface area (Å²) in [6.45, 7) is 0. The Hall–Kier alpha value is -0.700. The quantitative estimate of drug-likeness (QED) is 0.460. The molecule has 0 heterocycles. The molecule has 0 aromatic rings. The zero-order valence-corrected chi connectivity index (χ0v) is 4.68. The van der Waals surface area contributed by atoms with E-state index in [1.54, 1.807) is 11.2 Å². The van der Waals surface area contributed by atoms with Crippen molar-refractivity contribution in [3.8, 4) is 0 Å². The van der Waals surface area contributed by atoms with Crippen LogP contribution in [0.3, 0.4) is 0 Å². The lowest BCUT2D eigenvalue weighted by atomic mass is 10.9. The van der Waals surface area contributed by atoms with Gasteiger partial charge in [0.05, 0.1) is 0 Å². The van der Waals surface area contributed by atoms with Gasteiger partial charge in [-0.25, -0.2) is 5.43 Å². The molecule has 0 saturated heterocycles. The molecule has 0 rings (SSSR count). The van der Waals surface area contributed by atoms with Crippen molar-refractivity contribution in [2.24, 2.45) is 5.73 Å². The van der Waals surface area contributed by atoms with E-state index >= 15 is 0 Å². The van der Waals surface area contributed by atoms with Crippen LogP contribution in [0.5, 0.6) is 0 Å². The van der Waals surface area contributed by atoms with Crippen molar-refractivity contribution in [3.63, 3.8) is 0 Å². The fourth-order valence-electron chi connectivity index (χ4n) is 0.204. The molecule has 3 heteroatoms. The summed E-state index contributed by atoms with van der Waals surface area (Å²) in [5.41, 5.74) is 7.88. The summed E-state index contributed by atoms with van der Waals surface area (Å²) in [7, 11) is 3.68. The lowest BCUT2D eigenvalue weighted by Gasteiger charge is -2.08. The summed E-state index contributed by atoms with van der Waals surface area (Å²) >= 11 is 0. The SMILES string of the molecule is CNN(C)/C=C\N. The molecule has 0 aromatic carbocycles. The smallest absolute Gasteiger partial charge is 0.0309 e. The highest BCUT2D eigenvalue weighted by molar-refractivity contribution is 4.70. The largest absolute Gasteiger partial charge is 0.403 e.